The van der Waals surface area contributed by atoms with E-state index in [4.69, 9.17) is 4.74 Å². The van der Waals surface area contributed by atoms with E-state index in [-0.39, 0.29) is 5.54 Å². The van der Waals surface area contributed by atoms with Gasteiger partial charge < -0.3 is 9.64 Å². The molecule has 1 saturated carbocycles. The highest BCUT2D eigenvalue weighted by Gasteiger charge is 2.61. The number of para-hydroxylation sites is 1. The van der Waals surface area contributed by atoms with E-state index in [1.54, 1.807) is 0 Å². The number of fused-ring (bicyclic) bond motifs is 9. The molecule has 0 aromatic heterocycles. The maximum atomic E-state index is 6.81. The molecule has 0 saturated heterocycles. The molecule has 0 amide bonds. The third-order valence-electron chi connectivity index (χ3n) is 14.8. The van der Waals surface area contributed by atoms with E-state index in [0.29, 0.717) is 0 Å². The molecule has 11 aromatic carbocycles. The van der Waals surface area contributed by atoms with Crippen LogP contribution < -0.4 is 4.90 Å². The van der Waals surface area contributed by atoms with Gasteiger partial charge in [0.05, 0.1) is 5.54 Å². The smallest absolute Gasteiger partial charge is 0.118 e. The van der Waals surface area contributed by atoms with Gasteiger partial charge in [-0.05, 0) is 142 Å². The number of benzene rings is 9. The topological polar surface area (TPSA) is 12.5 Å². The van der Waals surface area contributed by atoms with Crippen molar-refractivity contribution in [2.24, 2.45) is 0 Å². The van der Waals surface area contributed by atoms with Crippen molar-refractivity contribution in [3.8, 4) is 33.4 Å². The average molecular weight is 770 g/mol. The molecule has 0 spiro atoms. The summed E-state index contributed by atoms with van der Waals surface area (Å²) in [5.74, 6) is 0. The van der Waals surface area contributed by atoms with Crippen molar-refractivity contribution in [1.29, 1.82) is 0 Å². The Balaban J connectivity index is 1.15. The minimum absolute atomic E-state index is 0.197. The Morgan fingerprint density at radius 2 is 0.983 bits per heavy atom. The van der Waals surface area contributed by atoms with Gasteiger partial charge in [0.2, 0.25) is 0 Å². The molecule has 286 valence electrons. The Morgan fingerprint density at radius 1 is 0.450 bits per heavy atom. The van der Waals surface area contributed by atoms with Crippen molar-refractivity contribution in [3.63, 3.8) is 0 Å². The van der Waals surface area contributed by atoms with Crippen LogP contribution >= 0.6 is 0 Å². The Labute approximate surface area is 349 Å². The summed E-state index contributed by atoms with van der Waals surface area (Å²) >= 11 is 0. The van der Waals surface area contributed by atoms with E-state index >= 15 is 0 Å². The molecule has 1 aliphatic heterocycles. The summed E-state index contributed by atoms with van der Waals surface area (Å²) in [6.07, 6.45) is 4.44. The van der Waals surface area contributed by atoms with Gasteiger partial charge in [-0.2, -0.15) is 0 Å². The van der Waals surface area contributed by atoms with Gasteiger partial charge in [-0.15, -0.1) is 0 Å². The van der Waals surface area contributed by atoms with Crippen LogP contribution in [-0.4, -0.2) is 12.6 Å². The van der Waals surface area contributed by atoms with Crippen molar-refractivity contribution in [1.82, 2.24) is 0 Å². The van der Waals surface area contributed by atoms with E-state index in [2.05, 4.69) is 188 Å². The van der Waals surface area contributed by atoms with Gasteiger partial charge in [-0.1, -0.05) is 165 Å². The zero-order chi connectivity index (χ0) is 39.7. The fourth-order valence-electron chi connectivity index (χ4n) is 12.4. The number of anilines is 2. The molecule has 1 fully saturated rings. The second-order valence-corrected chi connectivity index (χ2v) is 17.5. The molecule has 60 heavy (non-hydrogen) atoms. The lowest BCUT2D eigenvalue weighted by Crippen LogP contribution is -2.57. The third-order valence-corrected chi connectivity index (χ3v) is 14.8. The third kappa shape index (κ3) is 4.26. The van der Waals surface area contributed by atoms with Gasteiger partial charge >= 0.3 is 0 Å². The van der Waals surface area contributed by atoms with Crippen LogP contribution in [0, 0.1) is 0 Å². The second kappa shape index (κ2) is 12.4. The number of ether oxygens (including phenoxy) is 1. The lowest BCUT2D eigenvalue weighted by molar-refractivity contribution is -0.0871. The Bertz CT molecular complexity index is 3360. The molecule has 0 bridgehead atoms. The first-order valence-corrected chi connectivity index (χ1v) is 21.6. The molecular weight excluding hydrogens is 727 g/mol. The largest absolute Gasteiger partial charge is 0.371 e. The SMILES string of the molecule is COC12CCCCC1(C)N(c1ccccc1)c1ccc(-c3ccc4c5c(-c6ccccc6)c6c7cccc8cccc(c6c(-c6ccccc6)c5c5cccc3c54)c87)cc12. The van der Waals surface area contributed by atoms with E-state index in [1.807, 2.05) is 7.11 Å². The van der Waals surface area contributed by atoms with Crippen LogP contribution in [0.5, 0.6) is 0 Å². The maximum absolute atomic E-state index is 6.81. The highest BCUT2D eigenvalue weighted by atomic mass is 16.5. The highest BCUT2D eigenvalue weighted by Crippen LogP contribution is 2.62. The first-order valence-electron chi connectivity index (χ1n) is 21.6. The monoisotopic (exact) mass is 769 g/mol. The van der Waals surface area contributed by atoms with Crippen LogP contribution in [0.25, 0.3) is 98.0 Å². The van der Waals surface area contributed by atoms with E-state index in [1.165, 1.54) is 121 Å². The molecule has 0 radical (unpaired) electrons. The molecule has 2 nitrogen and oxygen atoms in total. The van der Waals surface area contributed by atoms with Gasteiger partial charge in [0.15, 0.2) is 0 Å². The van der Waals surface area contributed by atoms with Gasteiger partial charge in [-0.3, -0.25) is 0 Å². The standard InChI is InChI=1S/C58H43NO/c1-57-33-12-13-34-58(57,60-2)47-35-39(29-32-48(47)59(57)40-23-10-5-11-24-40)41-30-31-46-52-42(41)25-16-28-45(52)55-50(37-17-6-3-7-18-37)53-43-26-14-21-36-22-15-27-44(49(36)43)54(53)51(56(46)55)38-19-8-4-9-20-38/h3-11,14-32,35H,12-13,33-34H2,1-2H3. The molecule has 2 aliphatic rings. The Morgan fingerprint density at radius 3 is 1.60 bits per heavy atom. The maximum Gasteiger partial charge on any atom is 0.118 e. The van der Waals surface area contributed by atoms with Crippen LogP contribution in [0.2, 0.25) is 0 Å². The van der Waals surface area contributed by atoms with Crippen LogP contribution in [0.15, 0.2) is 176 Å². The Kier molecular flexibility index (Phi) is 7.05. The van der Waals surface area contributed by atoms with E-state index < -0.39 is 5.60 Å². The molecule has 1 heterocycles. The first kappa shape index (κ1) is 34.2. The highest BCUT2D eigenvalue weighted by molar-refractivity contribution is 6.46. The summed E-state index contributed by atoms with van der Waals surface area (Å²) in [5, 5.41) is 15.9. The summed E-state index contributed by atoms with van der Waals surface area (Å²) in [6.45, 7) is 2.43. The molecule has 1 aliphatic carbocycles. The number of nitrogens with zero attached hydrogens (tertiary/aromatic N) is 1. The van der Waals surface area contributed by atoms with E-state index in [9.17, 15) is 0 Å². The lowest BCUT2D eigenvalue weighted by Gasteiger charge is -2.50. The Hall–Kier alpha value is -6.74. The van der Waals surface area contributed by atoms with Crippen molar-refractivity contribution in [3.05, 3.63) is 181 Å². The fourth-order valence-corrected chi connectivity index (χ4v) is 12.4. The molecule has 0 N–H and O–H groups in total. The summed E-state index contributed by atoms with van der Waals surface area (Å²) in [5.41, 5.74) is 10.8. The number of hydrogen-bond acceptors (Lipinski definition) is 2. The lowest BCUT2D eigenvalue weighted by atomic mass is 9.68. The molecule has 11 aromatic rings. The molecule has 2 heteroatoms. The van der Waals surface area contributed by atoms with Crippen molar-refractivity contribution < 1.29 is 4.74 Å². The van der Waals surface area contributed by atoms with E-state index in [0.717, 1.165) is 19.3 Å². The first-order chi connectivity index (χ1) is 29.6. The second-order valence-electron chi connectivity index (χ2n) is 17.5. The number of rotatable bonds is 5. The van der Waals surface area contributed by atoms with Crippen molar-refractivity contribution in [2.45, 2.75) is 43.7 Å². The minimum Gasteiger partial charge on any atom is -0.371 e. The summed E-state index contributed by atoms with van der Waals surface area (Å²) in [6, 6.07) is 66.0. The fraction of sp³-hybridized carbons (Fsp3) is 0.138. The predicted octanol–water partition coefficient (Wildman–Crippen LogP) is 15.8. The average Bonchev–Trinajstić information content (AvgIpc) is 3.90. The summed E-state index contributed by atoms with van der Waals surface area (Å²) in [7, 11) is 1.94. The normalized spacial score (nSPS) is 19.1. The van der Waals surface area contributed by atoms with Crippen LogP contribution in [0.4, 0.5) is 11.4 Å². The predicted molar refractivity (Wildman–Crippen MR) is 254 cm³/mol. The molecular formula is C58H43NO. The molecule has 2 unspecified atom stereocenters. The van der Waals surface area contributed by atoms with Crippen LogP contribution in [0.3, 0.4) is 0 Å². The zero-order valence-electron chi connectivity index (χ0n) is 33.9. The quantitative estimate of drug-likeness (QED) is 0.173. The summed E-state index contributed by atoms with van der Waals surface area (Å²) < 4.78 is 6.81. The number of methoxy groups -OCH3 is 1. The van der Waals surface area contributed by atoms with Crippen LogP contribution in [0.1, 0.15) is 38.2 Å². The summed E-state index contributed by atoms with van der Waals surface area (Å²) in [4.78, 5) is 2.59. The number of hydrogen-bond donors (Lipinski definition) is 0. The molecule has 13 rings (SSSR count). The van der Waals surface area contributed by atoms with Crippen molar-refractivity contribution in [2.75, 3.05) is 12.0 Å². The van der Waals surface area contributed by atoms with Gasteiger partial charge in [0.25, 0.3) is 0 Å². The zero-order valence-corrected chi connectivity index (χ0v) is 33.9. The van der Waals surface area contributed by atoms with Gasteiger partial charge in [0, 0.05) is 24.0 Å². The van der Waals surface area contributed by atoms with Gasteiger partial charge in [0.1, 0.15) is 5.60 Å². The van der Waals surface area contributed by atoms with Gasteiger partial charge in [-0.25, -0.2) is 0 Å². The van der Waals surface area contributed by atoms with Crippen molar-refractivity contribution >= 4 is 76.0 Å². The minimum atomic E-state index is -0.410. The van der Waals surface area contributed by atoms with Crippen LogP contribution in [-0.2, 0) is 10.3 Å². The molecule has 2 atom stereocenters.